The highest BCUT2D eigenvalue weighted by atomic mass is 14.9. The first-order valence-corrected chi connectivity index (χ1v) is 7.18. The van der Waals surface area contributed by atoms with Crippen molar-refractivity contribution >= 4 is 5.69 Å². The third kappa shape index (κ3) is 2.20. The Morgan fingerprint density at radius 3 is 2.82 bits per heavy atom. The Balaban J connectivity index is 1.72. The van der Waals surface area contributed by atoms with E-state index in [9.17, 15) is 0 Å². The van der Waals surface area contributed by atoms with Crippen molar-refractivity contribution in [3.8, 4) is 0 Å². The molecule has 1 aromatic carbocycles. The van der Waals surface area contributed by atoms with Gasteiger partial charge in [-0.1, -0.05) is 50.3 Å². The predicted molar refractivity (Wildman–Crippen MR) is 73.6 cm³/mol. The van der Waals surface area contributed by atoms with Crippen molar-refractivity contribution in [3.05, 3.63) is 29.3 Å². The third-order valence-electron chi connectivity index (χ3n) is 4.61. The summed E-state index contributed by atoms with van der Waals surface area (Å²) < 4.78 is 0. The van der Waals surface area contributed by atoms with Crippen LogP contribution in [0, 0.1) is 12.8 Å². The fourth-order valence-corrected chi connectivity index (χ4v) is 3.64. The average molecular weight is 229 g/mol. The molecule has 0 saturated heterocycles. The molecule has 1 atom stereocenters. The molecule has 17 heavy (non-hydrogen) atoms. The second-order valence-corrected chi connectivity index (χ2v) is 5.86. The number of para-hydroxylation sites is 1. The lowest BCUT2D eigenvalue weighted by atomic mass is 9.81. The van der Waals surface area contributed by atoms with Crippen LogP contribution in [-0.2, 0) is 0 Å². The molecule has 1 N–H and O–H groups in total. The van der Waals surface area contributed by atoms with E-state index in [0.717, 1.165) is 18.4 Å². The van der Waals surface area contributed by atoms with E-state index in [2.05, 4.69) is 30.4 Å². The summed E-state index contributed by atoms with van der Waals surface area (Å²) in [5.74, 6) is 1.76. The normalized spacial score (nSPS) is 24.4. The van der Waals surface area contributed by atoms with Gasteiger partial charge in [-0.3, -0.25) is 0 Å². The molecule has 0 spiro atoms. The van der Waals surface area contributed by atoms with E-state index in [4.69, 9.17) is 0 Å². The molecule has 1 aliphatic heterocycles. The molecule has 0 radical (unpaired) electrons. The van der Waals surface area contributed by atoms with Gasteiger partial charge >= 0.3 is 0 Å². The number of rotatable bonds is 2. The van der Waals surface area contributed by atoms with Crippen molar-refractivity contribution in [2.24, 2.45) is 5.92 Å². The van der Waals surface area contributed by atoms with E-state index < -0.39 is 0 Å². The van der Waals surface area contributed by atoms with Gasteiger partial charge in [0.15, 0.2) is 0 Å². The van der Waals surface area contributed by atoms with E-state index in [-0.39, 0.29) is 0 Å². The predicted octanol–water partition coefficient (Wildman–Crippen LogP) is 4.47. The van der Waals surface area contributed by atoms with Crippen molar-refractivity contribution in [3.63, 3.8) is 0 Å². The zero-order valence-corrected chi connectivity index (χ0v) is 10.8. The van der Waals surface area contributed by atoms with Gasteiger partial charge in [-0.15, -0.1) is 0 Å². The van der Waals surface area contributed by atoms with Crippen LogP contribution in [0.5, 0.6) is 0 Å². The van der Waals surface area contributed by atoms with Gasteiger partial charge in [0.2, 0.25) is 0 Å². The molecule has 1 heteroatoms. The SMILES string of the molecule is Cc1cccc2c1NCC2CC1CCCCC1. The zero-order chi connectivity index (χ0) is 11.7. The van der Waals surface area contributed by atoms with Gasteiger partial charge in [-0.25, -0.2) is 0 Å². The topological polar surface area (TPSA) is 12.0 Å². The number of benzene rings is 1. The van der Waals surface area contributed by atoms with Crippen LogP contribution in [0.3, 0.4) is 0 Å². The number of fused-ring (bicyclic) bond motifs is 1. The Bertz CT molecular complexity index is 391. The van der Waals surface area contributed by atoms with Crippen LogP contribution in [0.15, 0.2) is 18.2 Å². The average Bonchev–Trinajstić information content (AvgIpc) is 2.76. The lowest BCUT2D eigenvalue weighted by molar-refractivity contribution is 0.323. The highest BCUT2D eigenvalue weighted by Crippen LogP contribution is 2.40. The standard InChI is InChI=1S/C16H23N/c1-12-6-5-9-15-14(11-17-16(12)15)10-13-7-3-2-4-8-13/h5-6,9,13-14,17H,2-4,7-8,10-11H2,1H3. The number of hydrogen-bond donors (Lipinski definition) is 1. The summed E-state index contributed by atoms with van der Waals surface area (Å²) in [5.41, 5.74) is 4.41. The van der Waals surface area contributed by atoms with E-state index in [0.29, 0.717) is 0 Å². The van der Waals surface area contributed by atoms with Gasteiger partial charge in [-0.2, -0.15) is 0 Å². The molecule has 1 heterocycles. The summed E-state index contributed by atoms with van der Waals surface area (Å²) in [6, 6.07) is 6.76. The summed E-state index contributed by atoms with van der Waals surface area (Å²) in [6.45, 7) is 3.38. The molecule has 3 rings (SSSR count). The fraction of sp³-hybridized carbons (Fsp3) is 0.625. The Labute approximate surface area is 105 Å². The smallest absolute Gasteiger partial charge is 0.0406 e. The van der Waals surface area contributed by atoms with Gasteiger partial charge in [0.1, 0.15) is 0 Å². The molecule has 1 unspecified atom stereocenters. The molecular formula is C16H23N. The number of anilines is 1. The van der Waals surface area contributed by atoms with Crippen LogP contribution in [0.25, 0.3) is 0 Å². The summed E-state index contributed by atoms with van der Waals surface area (Å²) in [5, 5.41) is 3.61. The molecule has 1 aromatic rings. The maximum absolute atomic E-state index is 3.61. The van der Waals surface area contributed by atoms with E-state index in [1.807, 2.05) is 0 Å². The maximum atomic E-state index is 3.61. The molecule has 1 fully saturated rings. The maximum Gasteiger partial charge on any atom is 0.0406 e. The van der Waals surface area contributed by atoms with Crippen LogP contribution in [0.2, 0.25) is 0 Å². The van der Waals surface area contributed by atoms with Gasteiger partial charge in [0.25, 0.3) is 0 Å². The van der Waals surface area contributed by atoms with Crippen LogP contribution >= 0.6 is 0 Å². The van der Waals surface area contributed by atoms with Gasteiger partial charge in [0.05, 0.1) is 0 Å². The molecule has 0 amide bonds. The number of hydrogen-bond acceptors (Lipinski definition) is 1. The minimum atomic E-state index is 0.771. The van der Waals surface area contributed by atoms with Crippen LogP contribution in [-0.4, -0.2) is 6.54 Å². The minimum absolute atomic E-state index is 0.771. The second-order valence-electron chi connectivity index (χ2n) is 5.86. The Morgan fingerprint density at radius 1 is 1.18 bits per heavy atom. The van der Waals surface area contributed by atoms with Crippen molar-refractivity contribution < 1.29 is 0 Å². The molecule has 1 aliphatic carbocycles. The molecule has 0 bridgehead atoms. The van der Waals surface area contributed by atoms with Crippen LogP contribution < -0.4 is 5.32 Å². The van der Waals surface area contributed by atoms with E-state index >= 15 is 0 Å². The molecule has 1 nitrogen and oxygen atoms in total. The van der Waals surface area contributed by atoms with Gasteiger partial charge in [0, 0.05) is 18.2 Å². The van der Waals surface area contributed by atoms with E-state index in [1.54, 1.807) is 5.56 Å². The highest BCUT2D eigenvalue weighted by molar-refractivity contribution is 5.62. The van der Waals surface area contributed by atoms with Crippen LogP contribution in [0.4, 0.5) is 5.69 Å². The summed E-state index contributed by atoms with van der Waals surface area (Å²) >= 11 is 0. The number of nitrogens with one attached hydrogen (secondary N) is 1. The monoisotopic (exact) mass is 229 g/mol. The Kier molecular flexibility index (Phi) is 3.09. The fourth-order valence-electron chi connectivity index (χ4n) is 3.64. The largest absolute Gasteiger partial charge is 0.384 e. The first kappa shape index (κ1) is 11.1. The second kappa shape index (κ2) is 4.72. The lowest BCUT2D eigenvalue weighted by Gasteiger charge is -2.24. The highest BCUT2D eigenvalue weighted by Gasteiger charge is 2.26. The summed E-state index contributed by atoms with van der Waals surface area (Å²) in [7, 11) is 0. The third-order valence-corrected chi connectivity index (χ3v) is 4.61. The summed E-state index contributed by atoms with van der Waals surface area (Å²) in [4.78, 5) is 0. The molecule has 0 aromatic heterocycles. The molecule has 2 aliphatic rings. The quantitative estimate of drug-likeness (QED) is 0.788. The van der Waals surface area contributed by atoms with Crippen LogP contribution in [0.1, 0.15) is 55.6 Å². The molecule has 92 valence electrons. The first-order valence-electron chi connectivity index (χ1n) is 7.18. The minimum Gasteiger partial charge on any atom is -0.384 e. The number of aryl methyl sites for hydroxylation is 1. The van der Waals surface area contributed by atoms with Gasteiger partial charge in [-0.05, 0) is 30.4 Å². The summed E-state index contributed by atoms with van der Waals surface area (Å²) in [6.07, 6.45) is 8.74. The Hall–Kier alpha value is -0.980. The zero-order valence-electron chi connectivity index (χ0n) is 10.8. The van der Waals surface area contributed by atoms with Crippen molar-refractivity contribution in [1.29, 1.82) is 0 Å². The first-order chi connectivity index (χ1) is 8.34. The Morgan fingerprint density at radius 2 is 2.00 bits per heavy atom. The van der Waals surface area contributed by atoms with Gasteiger partial charge < -0.3 is 5.32 Å². The molecular weight excluding hydrogens is 206 g/mol. The van der Waals surface area contributed by atoms with Crippen molar-refractivity contribution in [1.82, 2.24) is 0 Å². The molecule has 1 saturated carbocycles. The van der Waals surface area contributed by atoms with Crippen molar-refractivity contribution in [2.75, 3.05) is 11.9 Å². The van der Waals surface area contributed by atoms with Crippen molar-refractivity contribution in [2.45, 2.75) is 51.4 Å². The van der Waals surface area contributed by atoms with E-state index in [1.165, 1.54) is 49.8 Å². The lowest BCUT2D eigenvalue weighted by Crippen LogP contribution is -2.12.